The van der Waals surface area contributed by atoms with Crippen molar-refractivity contribution in [2.75, 3.05) is 34.5 Å². The van der Waals surface area contributed by atoms with Crippen LogP contribution in [0.1, 0.15) is 23.6 Å². The van der Waals surface area contributed by atoms with E-state index in [-0.39, 0.29) is 18.9 Å². The molecule has 23 heavy (non-hydrogen) atoms. The van der Waals surface area contributed by atoms with Crippen LogP contribution in [0, 0.1) is 0 Å². The molecular weight excluding hydrogens is 302 g/mol. The van der Waals surface area contributed by atoms with Crippen molar-refractivity contribution in [1.29, 1.82) is 0 Å². The molecule has 7 heteroatoms. The minimum absolute atomic E-state index is 0.0707. The van der Waals surface area contributed by atoms with E-state index >= 15 is 0 Å². The molecule has 7 nitrogen and oxygen atoms in total. The van der Waals surface area contributed by atoms with Crippen LogP contribution in [-0.2, 0) is 20.7 Å². The van der Waals surface area contributed by atoms with E-state index in [9.17, 15) is 14.7 Å². The standard InChI is InChI=1S/C16H21NO6/c1-21-9-15(18)17-5-4-10-6-13(22-2)14(23-3)7-11(10)12(17)8-16(19)20/h6-7,12H,4-5,8-9H2,1-3H3,(H,19,20)/t12-/m1/s1. The van der Waals surface area contributed by atoms with Crippen LogP contribution in [0.2, 0.25) is 0 Å². The fraction of sp³-hybridized carbons (Fsp3) is 0.500. The third kappa shape index (κ3) is 3.56. The molecule has 1 aromatic rings. The average Bonchev–Trinajstić information content (AvgIpc) is 2.53. The monoisotopic (exact) mass is 323 g/mol. The maximum absolute atomic E-state index is 12.2. The molecule has 0 fully saturated rings. The van der Waals surface area contributed by atoms with Gasteiger partial charge in [0.1, 0.15) is 6.61 Å². The summed E-state index contributed by atoms with van der Waals surface area (Å²) in [5.74, 6) is -0.0771. The average molecular weight is 323 g/mol. The summed E-state index contributed by atoms with van der Waals surface area (Å²) in [5, 5.41) is 9.22. The van der Waals surface area contributed by atoms with E-state index in [1.165, 1.54) is 14.2 Å². The highest BCUT2D eigenvalue weighted by Gasteiger charge is 2.33. The molecule has 0 unspecified atom stereocenters. The van der Waals surface area contributed by atoms with E-state index in [4.69, 9.17) is 14.2 Å². The van der Waals surface area contributed by atoms with Gasteiger partial charge in [0, 0.05) is 13.7 Å². The van der Waals surface area contributed by atoms with Gasteiger partial charge in [-0.1, -0.05) is 0 Å². The Hall–Kier alpha value is -2.28. The molecule has 1 atom stereocenters. The summed E-state index contributed by atoms with van der Waals surface area (Å²) in [7, 11) is 4.51. The first kappa shape index (κ1) is 17.1. The number of aliphatic carboxylic acids is 1. The molecule has 0 aliphatic carbocycles. The number of hydrogen-bond acceptors (Lipinski definition) is 5. The molecule has 1 heterocycles. The molecule has 2 rings (SSSR count). The van der Waals surface area contributed by atoms with E-state index in [2.05, 4.69) is 0 Å². The lowest BCUT2D eigenvalue weighted by Gasteiger charge is -2.37. The van der Waals surface area contributed by atoms with Gasteiger partial charge >= 0.3 is 5.97 Å². The molecule has 1 aliphatic rings. The van der Waals surface area contributed by atoms with Crippen molar-refractivity contribution in [1.82, 2.24) is 4.90 Å². The molecule has 1 aliphatic heterocycles. The molecular formula is C16H21NO6. The zero-order chi connectivity index (χ0) is 17.0. The number of carbonyl (C=O) groups excluding carboxylic acids is 1. The van der Waals surface area contributed by atoms with Gasteiger partial charge in [-0.15, -0.1) is 0 Å². The predicted octanol–water partition coefficient (Wildman–Crippen LogP) is 1.25. The van der Waals surface area contributed by atoms with Gasteiger partial charge in [0.05, 0.1) is 26.7 Å². The summed E-state index contributed by atoms with van der Waals surface area (Å²) in [6, 6.07) is 3.06. The van der Waals surface area contributed by atoms with Crippen molar-refractivity contribution in [3.8, 4) is 11.5 Å². The number of carboxylic acid groups (broad SMARTS) is 1. The first-order valence-electron chi connectivity index (χ1n) is 7.26. The summed E-state index contributed by atoms with van der Waals surface area (Å²) < 4.78 is 15.5. The van der Waals surface area contributed by atoms with E-state index in [0.29, 0.717) is 24.5 Å². The molecule has 126 valence electrons. The predicted molar refractivity (Wildman–Crippen MR) is 81.8 cm³/mol. The topological polar surface area (TPSA) is 85.3 Å². The molecule has 1 amide bonds. The number of nitrogens with zero attached hydrogens (tertiary/aromatic N) is 1. The third-order valence-electron chi connectivity index (χ3n) is 3.96. The summed E-state index contributed by atoms with van der Waals surface area (Å²) in [5.41, 5.74) is 1.75. The van der Waals surface area contributed by atoms with Crippen molar-refractivity contribution in [3.63, 3.8) is 0 Å². The lowest BCUT2D eigenvalue weighted by Crippen LogP contribution is -2.42. The van der Waals surface area contributed by atoms with Crippen molar-refractivity contribution in [2.45, 2.75) is 18.9 Å². The summed E-state index contributed by atoms with van der Waals surface area (Å²) in [6.45, 7) is 0.376. The normalized spacial score (nSPS) is 16.7. The van der Waals surface area contributed by atoms with Crippen LogP contribution >= 0.6 is 0 Å². The Morgan fingerprint density at radius 3 is 2.43 bits per heavy atom. The molecule has 0 saturated heterocycles. The van der Waals surface area contributed by atoms with E-state index in [0.717, 1.165) is 11.1 Å². The van der Waals surface area contributed by atoms with E-state index in [1.54, 1.807) is 18.1 Å². The highest BCUT2D eigenvalue weighted by atomic mass is 16.5. The van der Waals surface area contributed by atoms with Gasteiger partial charge in [0.15, 0.2) is 11.5 Å². The fourth-order valence-corrected chi connectivity index (χ4v) is 2.92. The Labute approximate surface area is 134 Å². The van der Waals surface area contributed by atoms with Gasteiger partial charge in [-0.05, 0) is 29.7 Å². The lowest BCUT2D eigenvalue weighted by molar-refractivity contribution is -0.143. The molecule has 1 aromatic carbocycles. The van der Waals surface area contributed by atoms with Crippen LogP contribution in [-0.4, -0.2) is 56.4 Å². The second-order valence-electron chi connectivity index (χ2n) is 5.29. The number of amides is 1. The second kappa shape index (κ2) is 7.32. The molecule has 0 saturated carbocycles. The number of ether oxygens (including phenoxy) is 3. The van der Waals surface area contributed by atoms with Gasteiger partial charge in [-0.2, -0.15) is 0 Å². The third-order valence-corrected chi connectivity index (χ3v) is 3.96. The number of carboxylic acids is 1. The zero-order valence-corrected chi connectivity index (χ0v) is 13.5. The lowest BCUT2D eigenvalue weighted by atomic mass is 9.90. The Balaban J connectivity index is 2.45. The van der Waals surface area contributed by atoms with Gasteiger partial charge in [-0.25, -0.2) is 0 Å². The zero-order valence-electron chi connectivity index (χ0n) is 13.5. The van der Waals surface area contributed by atoms with Crippen molar-refractivity contribution in [2.24, 2.45) is 0 Å². The smallest absolute Gasteiger partial charge is 0.305 e. The summed E-state index contributed by atoms with van der Waals surface area (Å²) in [6.07, 6.45) is 0.458. The van der Waals surface area contributed by atoms with Gasteiger partial charge in [0.2, 0.25) is 5.91 Å². The Bertz CT molecular complexity index is 600. The van der Waals surface area contributed by atoms with Crippen LogP contribution in [0.5, 0.6) is 11.5 Å². The number of carbonyl (C=O) groups is 2. The van der Waals surface area contributed by atoms with Crippen molar-refractivity contribution >= 4 is 11.9 Å². The summed E-state index contributed by atoms with van der Waals surface area (Å²) in [4.78, 5) is 25.0. The largest absolute Gasteiger partial charge is 0.493 e. The highest BCUT2D eigenvalue weighted by Crippen LogP contribution is 2.39. The quantitative estimate of drug-likeness (QED) is 0.848. The van der Waals surface area contributed by atoms with Crippen LogP contribution in [0.25, 0.3) is 0 Å². The maximum atomic E-state index is 12.2. The van der Waals surface area contributed by atoms with Crippen LogP contribution in [0.3, 0.4) is 0 Å². The first-order chi connectivity index (χ1) is 11.0. The molecule has 0 aromatic heterocycles. The first-order valence-corrected chi connectivity index (χ1v) is 7.26. The molecule has 0 bridgehead atoms. The summed E-state index contributed by atoms with van der Waals surface area (Å²) >= 11 is 0. The fourth-order valence-electron chi connectivity index (χ4n) is 2.92. The Kier molecular flexibility index (Phi) is 5.44. The van der Waals surface area contributed by atoms with Gasteiger partial charge < -0.3 is 24.2 Å². The number of benzene rings is 1. The second-order valence-corrected chi connectivity index (χ2v) is 5.29. The van der Waals surface area contributed by atoms with Crippen LogP contribution < -0.4 is 9.47 Å². The van der Waals surface area contributed by atoms with Gasteiger partial charge in [-0.3, -0.25) is 9.59 Å². The molecule has 0 spiro atoms. The van der Waals surface area contributed by atoms with Crippen LogP contribution in [0.15, 0.2) is 12.1 Å². The van der Waals surface area contributed by atoms with E-state index < -0.39 is 12.0 Å². The van der Waals surface area contributed by atoms with Crippen molar-refractivity contribution in [3.05, 3.63) is 23.3 Å². The number of hydrogen-bond donors (Lipinski definition) is 1. The van der Waals surface area contributed by atoms with E-state index in [1.807, 2.05) is 6.07 Å². The number of rotatable bonds is 6. The number of methoxy groups -OCH3 is 3. The van der Waals surface area contributed by atoms with Crippen molar-refractivity contribution < 1.29 is 28.9 Å². The molecule has 0 radical (unpaired) electrons. The Morgan fingerprint density at radius 1 is 1.22 bits per heavy atom. The maximum Gasteiger partial charge on any atom is 0.305 e. The number of fused-ring (bicyclic) bond motifs is 1. The molecule has 1 N–H and O–H groups in total. The highest BCUT2D eigenvalue weighted by molar-refractivity contribution is 5.79. The minimum Gasteiger partial charge on any atom is -0.493 e. The van der Waals surface area contributed by atoms with Gasteiger partial charge in [0.25, 0.3) is 0 Å². The van der Waals surface area contributed by atoms with Crippen LogP contribution in [0.4, 0.5) is 0 Å². The Morgan fingerprint density at radius 2 is 1.87 bits per heavy atom. The SMILES string of the molecule is COCC(=O)N1CCc2cc(OC)c(OC)cc2[C@H]1CC(=O)O. The minimum atomic E-state index is -0.965.